The molecule has 0 unspecified atom stereocenters. The van der Waals surface area contributed by atoms with Gasteiger partial charge in [-0.3, -0.25) is 0 Å². The van der Waals surface area contributed by atoms with Crippen LogP contribution < -0.4 is 18.8 Å². The average molecular weight is 373 g/mol. The van der Waals surface area contributed by atoms with Gasteiger partial charge in [-0.25, -0.2) is 0 Å². The smallest absolute Gasteiger partial charge is 0.231 e. The van der Waals surface area contributed by atoms with Crippen LogP contribution in [0.1, 0.15) is 5.56 Å². The summed E-state index contributed by atoms with van der Waals surface area (Å²) >= 11 is 4.64. The average Bonchev–Trinajstić information content (AvgIpc) is 3.14. The molecule has 0 spiro atoms. The normalized spacial score (nSPS) is 13.5. The van der Waals surface area contributed by atoms with E-state index in [0.717, 1.165) is 46.5 Å². The highest BCUT2D eigenvalue weighted by Gasteiger charge is 2.28. The minimum Gasteiger partial charge on any atom is -0.504 e. The molecule has 0 bridgehead atoms. The number of hydrogen-bond acceptors (Lipinski definition) is 4. The number of aryl methyl sites for hydroxylation is 2. The van der Waals surface area contributed by atoms with Crippen LogP contribution in [0.3, 0.4) is 0 Å². The van der Waals surface area contributed by atoms with Gasteiger partial charge in [-0.2, -0.15) is 4.57 Å². The summed E-state index contributed by atoms with van der Waals surface area (Å²) in [5, 5.41) is 12.2. The van der Waals surface area contributed by atoms with Crippen molar-refractivity contribution in [3.63, 3.8) is 0 Å². The molecular formula is C20H19ClNO4+. The summed E-state index contributed by atoms with van der Waals surface area (Å²) in [6, 6.07) is 10.00. The number of nitrogens with zero attached hydrogens (tertiary/aromatic N) is 1. The summed E-state index contributed by atoms with van der Waals surface area (Å²) < 4.78 is 18.4. The maximum Gasteiger partial charge on any atom is 0.231 e. The van der Waals surface area contributed by atoms with Crippen LogP contribution in [-0.2, 0) is 13.0 Å². The molecule has 0 fully saturated rings. The molecule has 2 aliphatic heterocycles. The molecular weight excluding hydrogens is 354 g/mol. The van der Waals surface area contributed by atoms with Gasteiger partial charge in [-0.15, -0.1) is 11.6 Å². The lowest BCUT2D eigenvalue weighted by Crippen LogP contribution is -2.39. The molecule has 5 rings (SSSR count). The Morgan fingerprint density at radius 3 is 2.65 bits per heavy atom. The zero-order valence-electron chi connectivity index (χ0n) is 14.6. The molecule has 2 aliphatic rings. The monoisotopic (exact) mass is 372 g/mol. The molecule has 0 radical (unpaired) electrons. The minimum atomic E-state index is 0.182. The van der Waals surface area contributed by atoms with Crippen molar-refractivity contribution in [1.82, 2.24) is 0 Å². The molecule has 0 saturated heterocycles. The fourth-order valence-electron chi connectivity index (χ4n) is 3.57. The molecule has 0 saturated carbocycles. The third-order valence-electron chi connectivity index (χ3n) is 4.82. The van der Waals surface area contributed by atoms with Crippen LogP contribution in [0.25, 0.3) is 22.0 Å². The largest absolute Gasteiger partial charge is 0.504 e. The number of ether oxygens (including phenoxy) is 3. The molecule has 134 valence electrons. The Morgan fingerprint density at radius 1 is 1.12 bits per heavy atom. The molecule has 26 heavy (non-hydrogen) atoms. The van der Waals surface area contributed by atoms with E-state index in [9.17, 15) is 5.11 Å². The first-order chi connectivity index (χ1) is 12.7. The Kier molecular flexibility index (Phi) is 4.24. The molecule has 3 aromatic rings. The topological polar surface area (TPSA) is 51.8 Å². The van der Waals surface area contributed by atoms with Gasteiger partial charge in [0, 0.05) is 18.9 Å². The lowest BCUT2D eigenvalue weighted by molar-refractivity contribution is -0.686. The fraction of sp³-hybridized carbons (Fsp3) is 0.250. The standard InChI is InChI=1S/C19H15NO4.CH3Cl/c1-22-16-3-2-11-6-15-13-8-18-17(23-10-24-18)7-12(13)4-5-20(15)9-14(11)19(16)21;1-2/h2-3,6-9H,4-5,10H2,1H3;1H3/p+1. The molecule has 0 amide bonds. The van der Waals surface area contributed by atoms with E-state index in [1.165, 1.54) is 11.9 Å². The van der Waals surface area contributed by atoms with Crippen LogP contribution in [0.4, 0.5) is 0 Å². The van der Waals surface area contributed by atoms with E-state index < -0.39 is 0 Å². The third kappa shape index (κ3) is 2.51. The molecule has 1 aromatic heterocycles. The Labute approximate surface area is 156 Å². The fourth-order valence-corrected chi connectivity index (χ4v) is 3.57. The highest BCUT2D eigenvalue weighted by Crippen LogP contribution is 2.41. The van der Waals surface area contributed by atoms with Crippen molar-refractivity contribution in [1.29, 1.82) is 0 Å². The van der Waals surface area contributed by atoms with Crippen molar-refractivity contribution in [3.05, 3.63) is 42.1 Å². The molecule has 2 aromatic carbocycles. The van der Waals surface area contributed by atoms with Crippen LogP contribution in [0, 0.1) is 0 Å². The van der Waals surface area contributed by atoms with Crippen LogP contribution in [-0.4, -0.2) is 25.4 Å². The lowest BCUT2D eigenvalue weighted by atomic mass is 9.95. The molecule has 5 nitrogen and oxygen atoms in total. The number of benzene rings is 2. The number of rotatable bonds is 1. The maximum absolute atomic E-state index is 10.4. The number of pyridine rings is 1. The van der Waals surface area contributed by atoms with E-state index in [2.05, 4.69) is 34.4 Å². The van der Waals surface area contributed by atoms with Crippen LogP contribution in [0.5, 0.6) is 23.0 Å². The summed E-state index contributed by atoms with van der Waals surface area (Å²) in [6.45, 7) is 1.14. The number of fused-ring (bicyclic) bond motifs is 5. The second kappa shape index (κ2) is 6.57. The molecule has 3 heterocycles. The van der Waals surface area contributed by atoms with E-state index in [1.807, 2.05) is 12.3 Å². The van der Waals surface area contributed by atoms with E-state index in [-0.39, 0.29) is 12.5 Å². The number of phenolic OH excluding ortho intramolecular Hbond substituents is 1. The Balaban J connectivity index is 0.000000814. The highest BCUT2D eigenvalue weighted by molar-refractivity contribution is 6.15. The van der Waals surface area contributed by atoms with Gasteiger partial charge in [-0.1, -0.05) is 0 Å². The predicted octanol–water partition coefficient (Wildman–Crippen LogP) is 3.65. The summed E-state index contributed by atoms with van der Waals surface area (Å²) in [5.74, 6) is 2.29. The zero-order valence-corrected chi connectivity index (χ0v) is 15.3. The number of phenols is 1. The summed E-state index contributed by atoms with van der Waals surface area (Å²) in [5.41, 5.74) is 3.53. The van der Waals surface area contributed by atoms with Crippen molar-refractivity contribution in [2.45, 2.75) is 13.0 Å². The molecule has 0 atom stereocenters. The first-order valence-electron chi connectivity index (χ1n) is 8.28. The summed E-state index contributed by atoms with van der Waals surface area (Å²) in [4.78, 5) is 0. The quantitative estimate of drug-likeness (QED) is 0.523. The van der Waals surface area contributed by atoms with E-state index >= 15 is 0 Å². The first kappa shape index (κ1) is 16.8. The molecule has 6 heteroatoms. The number of aromatic nitrogens is 1. The first-order valence-corrected chi connectivity index (χ1v) is 9.04. The number of alkyl halides is 1. The minimum absolute atomic E-state index is 0.182. The number of halogens is 1. The Hall–Kier alpha value is -2.66. The van der Waals surface area contributed by atoms with Gasteiger partial charge in [0.05, 0.1) is 18.1 Å². The third-order valence-corrected chi connectivity index (χ3v) is 4.82. The summed E-state index contributed by atoms with van der Waals surface area (Å²) in [7, 11) is 1.56. The van der Waals surface area contributed by atoms with Gasteiger partial charge in [0.1, 0.15) is 0 Å². The zero-order chi connectivity index (χ0) is 18.3. The van der Waals surface area contributed by atoms with Gasteiger partial charge in [0.2, 0.25) is 12.5 Å². The second-order valence-electron chi connectivity index (χ2n) is 6.08. The number of hydrogen-bond donors (Lipinski definition) is 1. The Bertz CT molecular complexity index is 1000. The van der Waals surface area contributed by atoms with Crippen molar-refractivity contribution in [3.8, 4) is 34.3 Å². The van der Waals surface area contributed by atoms with Gasteiger partial charge in [0.25, 0.3) is 0 Å². The number of methoxy groups -OCH3 is 1. The summed E-state index contributed by atoms with van der Waals surface area (Å²) in [6.07, 6.45) is 4.38. The van der Waals surface area contributed by atoms with Crippen molar-refractivity contribution in [2.24, 2.45) is 0 Å². The second-order valence-corrected chi connectivity index (χ2v) is 6.08. The van der Waals surface area contributed by atoms with Gasteiger partial charge in [-0.05, 0) is 35.2 Å². The van der Waals surface area contributed by atoms with Crippen LogP contribution in [0.2, 0.25) is 0 Å². The highest BCUT2D eigenvalue weighted by atomic mass is 35.5. The van der Waals surface area contributed by atoms with Crippen molar-refractivity contribution >= 4 is 22.4 Å². The van der Waals surface area contributed by atoms with Crippen molar-refractivity contribution < 1.29 is 23.9 Å². The molecule has 1 N–H and O–H groups in total. The van der Waals surface area contributed by atoms with E-state index in [1.54, 1.807) is 13.2 Å². The number of aromatic hydroxyl groups is 1. The van der Waals surface area contributed by atoms with Gasteiger partial charge >= 0.3 is 0 Å². The Morgan fingerprint density at radius 2 is 1.88 bits per heavy atom. The van der Waals surface area contributed by atoms with E-state index in [0.29, 0.717) is 5.75 Å². The van der Waals surface area contributed by atoms with Gasteiger partial charge < -0.3 is 19.3 Å². The SMILES string of the molecule is CCl.COc1ccc2cc3[n+](cc2c1O)CCc1cc2c(cc1-3)OCO2. The predicted molar refractivity (Wildman–Crippen MR) is 99.4 cm³/mol. The van der Waals surface area contributed by atoms with Crippen LogP contribution >= 0.6 is 11.6 Å². The van der Waals surface area contributed by atoms with Crippen LogP contribution in [0.15, 0.2) is 36.5 Å². The maximum atomic E-state index is 10.4. The van der Waals surface area contributed by atoms with E-state index in [4.69, 9.17) is 14.2 Å². The lowest BCUT2D eigenvalue weighted by Gasteiger charge is -2.16. The van der Waals surface area contributed by atoms with Crippen molar-refractivity contribution in [2.75, 3.05) is 20.3 Å². The van der Waals surface area contributed by atoms with Gasteiger partial charge in [0.15, 0.2) is 35.7 Å². The molecule has 0 aliphatic carbocycles.